The fourth-order valence-corrected chi connectivity index (χ4v) is 1.62. The van der Waals surface area contributed by atoms with Gasteiger partial charge in [-0.3, -0.25) is 0 Å². The van der Waals surface area contributed by atoms with E-state index in [1.54, 1.807) is 0 Å². The summed E-state index contributed by atoms with van der Waals surface area (Å²) in [6.07, 6.45) is 5.64. The van der Waals surface area contributed by atoms with Crippen molar-refractivity contribution >= 4 is 0 Å². The molecular formula is C9H12O. The molecule has 0 aromatic rings. The number of rotatable bonds is 0. The van der Waals surface area contributed by atoms with Crippen LogP contribution >= 0.6 is 0 Å². The molecule has 0 radical (unpaired) electrons. The summed E-state index contributed by atoms with van der Waals surface area (Å²) >= 11 is 0. The lowest BCUT2D eigenvalue weighted by Crippen LogP contribution is -2.05. The highest BCUT2D eigenvalue weighted by Gasteiger charge is 2.23. The maximum Gasteiger partial charge on any atom is 0.0683 e. The Morgan fingerprint density at radius 3 is 3.30 bits per heavy atom. The lowest BCUT2D eigenvalue weighted by Gasteiger charge is -2.13. The van der Waals surface area contributed by atoms with Gasteiger partial charge in [-0.15, -0.1) is 0 Å². The third-order valence-electron chi connectivity index (χ3n) is 2.26. The molecule has 54 valence electrons. The van der Waals surface area contributed by atoms with Gasteiger partial charge in [0.1, 0.15) is 0 Å². The van der Waals surface area contributed by atoms with E-state index in [1.807, 2.05) is 0 Å². The van der Waals surface area contributed by atoms with Gasteiger partial charge in [-0.25, -0.2) is 0 Å². The average molecular weight is 136 g/mol. The third kappa shape index (κ3) is 0.907. The van der Waals surface area contributed by atoms with E-state index in [9.17, 15) is 0 Å². The number of hydrogen-bond donors (Lipinski definition) is 0. The number of fused-ring (bicyclic) bond motifs is 1. The Hall–Kier alpha value is -0.560. The molecule has 1 heteroatoms. The first-order valence-corrected chi connectivity index (χ1v) is 3.80. The van der Waals surface area contributed by atoms with Crippen molar-refractivity contribution in [2.45, 2.75) is 13.3 Å². The second kappa shape index (κ2) is 2.24. The Morgan fingerprint density at radius 2 is 2.40 bits per heavy atom. The van der Waals surface area contributed by atoms with E-state index in [0.717, 1.165) is 13.2 Å². The van der Waals surface area contributed by atoms with Crippen molar-refractivity contribution in [2.24, 2.45) is 5.92 Å². The van der Waals surface area contributed by atoms with E-state index in [-0.39, 0.29) is 0 Å². The lowest BCUT2D eigenvalue weighted by molar-refractivity contribution is 0.188. The average Bonchev–Trinajstić information content (AvgIpc) is 2.33. The zero-order valence-electron chi connectivity index (χ0n) is 6.26. The molecule has 0 aromatic heterocycles. The summed E-state index contributed by atoms with van der Waals surface area (Å²) in [6.45, 7) is 4.00. The van der Waals surface area contributed by atoms with Crippen molar-refractivity contribution in [3.63, 3.8) is 0 Å². The van der Waals surface area contributed by atoms with Gasteiger partial charge in [0.25, 0.3) is 0 Å². The maximum absolute atomic E-state index is 5.34. The third-order valence-corrected chi connectivity index (χ3v) is 2.26. The monoisotopic (exact) mass is 136 g/mol. The van der Waals surface area contributed by atoms with Gasteiger partial charge < -0.3 is 4.74 Å². The standard InChI is InChI=1S/C9H12O/c1-7-2-3-8-5-10-6-9(8)4-7/h2-3,9H,4-6H2,1H3. The van der Waals surface area contributed by atoms with Gasteiger partial charge >= 0.3 is 0 Å². The summed E-state index contributed by atoms with van der Waals surface area (Å²) in [5.41, 5.74) is 2.98. The van der Waals surface area contributed by atoms with Gasteiger partial charge in [0.2, 0.25) is 0 Å². The van der Waals surface area contributed by atoms with E-state index in [1.165, 1.54) is 17.6 Å². The molecule has 1 aliphatic heterocycles. The van der Waals surface area contributed by atoms with Crippen molar-refractivity contribution in [1.82, 2.24) is 0 Å². The highest BCUT2D eigenvalue weighted by molar-refractivity contribution is 5.27. The fraction of sp³-hybridized carbons (Fsp3) is 0.556. The van der Waals surface area contributed by atoms with Gasteiger partial charge in [0.05, 0.1) is 13.2 Å². The summed E-state index contributed by atoms with van der Waals surface area (Å²) in [6, 6.07) is 0. The summed E-state index contributed by atoms with van der Waals surface area (Å²) in [4.78, 5) is 0. The van der Waals surface area contributed by atoms with Crippen molar-refractivity contribution in [1.29, 1.82) is 0 Å². The Balaban J connectivity index is 2.22. The highest BCUT2D eigenvalue weighted by Crippen LogP contribution is 2.29. The predicted octanol–water partition coefficient (Wildman–Crippen LogP) is 1.91. The Bertz CT molecular complexity index is 201. The molecule has 0 amide bonds. The molecule has 0 saturated carbocycles. The quantitative estimate of drug-likeness (QED) is 0.494. The minimum absolute atomic E-state index is 0.713. The molecule has 0 aromatic carbocycles. The SMILES string of the molecule is CC1=CC=C2COCC2C1. The predicted molar refractivity (Wildman–Crippen MR) is 40.8 cm³/mol. The van der Waals surface area contributed by atoms with Crippen LogP contribution in [0, 0.1) is 5.92 Å². The zero-order valence-corrected chi connectivity index (χ0v) is 6.26. The second-order valence-electron chi connectivity index (χ2n) is 3.17. The first-order valence-electron chi connectivity index (χ1n) is 3.80. The molecule has 1 unspecified atom stereocenters. The van der Waals surface area contributed by atoms with Crippen molar-refractivity contribution < 1.29 is 4.74 Å². The molecular weight excluding hydrogens is 124 g/mol. The van der Waals surface area contributed by atoms with Gasteiger partial charge in [0, 0.05) is 5.92 Å². The maximum atomic E-state index is 5.34. The van der Waals surface area contributed by atoms with E-state index in [0.29, 0.717) is 5.92 Å². The number of hydrogen-bond acceptors (Lipinski definition) is 1. The largest absolute Gasteiger partial charge is 0.376 e. The Labute approximate surface area is 61.4 Å². The van der Waals surface area contributed by atoms with E-state index >= 15 is 0 Å². The molecule has 0 bridgehead atoms. The lowest BCUT2D eigenvalue weighted by atomic mass is 9.90. The van der Waals surface area contributed by atoms with E-state index < -0.39 is 0 Å². The normalized spacial score (nSPS) is 31.1. The van der Waals surface area contributed by atoms with Crippen molar-refractivity contribution in [3.05, 3.63) is 23.3 Å². The summed E-state index contributed by atoms with van der Waals surface area (Å²) in [7, 11) is 0. The molecule has 2 aliphatic rings. The van der Waals surface area contributed by atoms with Crippen LogP contribution in [0.1, 0.15) is 13.3 Å². The van der Waals surface area contributed by atoms with Crippen LogP contribution in [0.2, 0.25) is 0 Å². The van der Waals surface area contributed by atoms with Crippen LogP contribution < -0.4 is 0 Å². The Morgan fingerprint density at radius 1 is 1.50 bits per heavy atom. The smallest absolute Gasteiger partial charge is 0.0683 e. The first-order chi connectivity index (χ1) is 4.86. The minimum Gasteiger partial charge on any atom is -0.376 e. The zero-order chi connectivity index (χ0) is 6.97. The topological polar surface area (TPSA) is 9.23 Å². The molecule has 0 N–H and O–H groups in total. The first kappa shape index (κ1) is 6.17. The van der Waals surface area contributed by atoms with Crippen LogP contribution in [0.25, 0.3) is 0 Å². The van der Waals surface area contributed by atoms with Crippen LogP contribution in [0.4, 0.5) is 0 Å². The van der Waals surface area contributed by atoms with Crippen LogP contribution in [0.5, 0.6) is 0 Å². The van der Waals surface area contributed by atoms with Crippen LogP contribution in [0.15, 0.2) is 23.3 Å². The van der Waals surface area contributed by atoms with Gasteiger partial charge in [-0.1, -0.05) is 17.7 Å². The summed E-state index contributed by atoms with van der Waals surface area (Å²) in [5, 5.41) is 0. The molecule has 1 atom stereocenters. The summed E-state index contributed by atoms with van der Waals surface area (Å²) in [5.74, 6) is 0.713. The highest BCUT2D eigenvalue weighted by atomic mass is 16.5. The van der Waals surface area contributed by atoms with E-state index in [2.05, 4.69) is 19.1 Å². The number of allylic oxidation sites excluding steroid dienone is 3. The molecule has 1 heterocycles. The second-order valence-corrected chi connectivity index (χ2v) is 3.17. The van der Waals surface area contributed by atoms with Gasteiger partial charge in [0.15, 0.2) is 0 Å². The summed E-state index contributed by atoms with van der Waals surface area (Å²) < 4.78 is 5.34. The van der Waals surface area contributed by atoms with Crippen molar-refractivity contribution in [3.8, 4) is 0 Å². The molecule has 1 saturated heterocycles. The molecule has 1 aliphatic carbocycles. The molecule has 0 spiro atoms. The van der Waals surface area contributed by atoms with E-state index in [4.69, 9.17) is 4.74 Å². The molecule has 1 fully saturated rings. The van der Waals surface area contributed by atoms with Gasteiger partial charge in [-0.2, -0.15) is 0 Å². The fourth-order valence-electron chi connectivity index (χ4n) is 1.62. The Kier molecular flexibility index (Phi) is 1.38. The molecule has 1 nitrogen and oxygen atoms in total. The minimum atomic E-state index is 0.713. The number of ether oxygens (including phenoxy) is 1. The van der Waals surface area contributed by atoms with Crippen LogP contribution in [0.3, 0.4) is 0 Å². The molecule has 10 heavy (non-hydrogen) atoms. The van der Waals surface area contributed by atoms with Crippen molar-refractivity contribution in [2.75, 3.05) is 13.2 Å². The molecule has 2 rings (SSSR count). The van der Waals surface area contributed by atoms with Gasteiger partial charge in [-0.05, 0) is 18.9 Å². The van der Waals surface area contributed by atoms with Crippen LogP contribution in [-0.4, -0.2) is 13.2 Å². The van der Waals surface area contributed by atoms with Crippen LogP contribution in [-0.2, 0) is 4.74 Å².